The second kappa shape index (κ2) is 8.79. The van der Waals surface area contributed by atoms with Crippen molar-refractivity contribution in [3.05, 3.63) is 47.3 Å². The number of hydrogen-bond acceptors (Lipinski definition) is 5. The van der Waals surface area contributed by atoms with Gasteiger partial charge in [0.25, 0.3) is 0 Å². The number of carbonyl (C=O) groups excluding carboxylic acids is 2. The summed E-state index contributed by atoms with van der Waals surface area (Å²) in [4.78, 5) is 28.9. The molecular formula is C20H26N4O3. The summed E-state index contributed by atoms with van der Waals surface area (Å²) >= 11 is 0. The molecule has 1 fully saturated rings. The average Bonchev–Trinajstić information content (AvgIpc) is 2.93. The largest absolute Gasteiger partial charge is 0.341 e. The van der Waals surface area contributed by atoms with Gasteiger partial charge in [0.05, 0.1) is 6.42 Å². The van der Waals surface area contributed by atoms with Crippen molar-refractivity contribution >= 4 is 11.8 Å². The Hall–Kier alpha value is -2.70. The van der Waals surface area contributed by atoms with Gasteiger partial charge >= 0.3 is 0 Å². The van der Waals surface area contributed by atoms with Crippen LogP contribution in [0.2, 0.25) is 0 Å². The van der Waals surface area contributed by atoms with Crippen LogP contribution in [0.4, 0.5) is 0 Å². The first kappa shape index (κ1) is 19.1. The van der Waals surface area contributed by atoms with E-state index in [1.54, 1.807) is 6.92 Å². The summed E-state index contributed by atoms with van der Waals surface area (Å²) in [5, 5.41) is 7.49. The lowest BCUT2D eigenvalue weighted by Crippen LogP contribution is -2.38. The summed E-state index contributed by atoms with van der Waals surface area (Å²) in [7, 11) is 0. The molecule has 7 heteroatoms. The molecule has 0 aliphatic carbocycles. The fraction of sp³-hybridized carbons (Fsp3) is 0.500. The Balaban J connectivity index is 1.52. The second-order valence-corrected chi connectivity index (χ2v) is 7.10. The highest BCUT2D eigenvalue weighted by Crippen LogP contribution is 2.20. The van der Waals surface area contributed by atoms with Crippen molar-refractivity contribution in [1.82, 2.24) is 20.1 Å². The lowest BCUT2D eigenvalue weighted by atomic mass is 9.97. The summed E-state index contributed by atoms with van der Waals surface area (Å²) in [5.74, 6) is 0.334. The Morgan fingerprint density at radius 1 is 1.04 bits per heavy atom. The van der Waals surface area contributed by atoms with Crippen molar-refractivity contribution in [2.45, 2.75) is 39.0 Å². The molecule has 3 rings (SSSR count). The molecule has 0 N–H and O–H groups in total. The Morgan fingerprint density at radius 3 is 2.33 bits per heavy atom. The zero-order valence-electron chi connectivity index (χ0n) is 15.9. The predicted octanol–water partition coefficient (Wildman–Crippen LogP) is 2.18. The summed E-state index contributed by atoms with van der Waals surface area (Å²) < 4.78 is 4.66. The highest BCUT2D eigenvalue weighted by atomic mass is 16.6. The van der Waals surface area contributed by atoms with Gasteiger partial charge in [-0.3, -0.25) is 9.59 Å². The third-order valence-corrected chi connectivity index (χ3v) is 5.12. The van der Waals surface area contributed by atoms with Gasteiger partial charge in [-0.1, -0.05) is 47.6 Å². The minimum atomic E-state index is 0.000697. The smallest absolute Gasteiger partial charge is 0.228 e. The molecule has 27 heavy (non-hydrogen) atoms. The van der Waals surface area contributed by atoms with Crippen LogP contribution in [0.25, 0.3) is 0 Å². The van der Waals surface area contributed by atoms with E-state index in [1.807, 2.05) is 28.0 Å². The van der Waals surface area contributed by atoms with Crippen LogP contribution in [0, 0.1) is 6.92 Å². The predicted molar refractivity (Wildman–Crippen MR) is 100.0 cm³/mol. The highest BCUT2D eigenvalue weighted by Gasteiger charge is 2.24. The van der Waals surface area contributed by atoms with Gasteiger partial charge in [0.2, 0.25) is 11.8 Å². The quantitative estimate of drug-likeness (QED) is 0.806. The molecule has 1 aliphatic rings. The van der Waals surface area contributed by atoms with E-state index in [1.165, 1.54) is 5.56 Å². The average molecular weight is 370 g/mol. The SMILES string of the molecule is Cc1nonc1CC(=O)N1CCCN(C(=O)CC(C)c2ccccc2)CC1. The minimum Gasteiger partial charge on any atom is -0.341 e. The molecular weight excluding hydrogens is 344 g/mol. The van der Waals surface area contributed by atoms with Gasteiger partial charge < -0.3 is 9.80 Å². The van der Waals surface area contributed by atoms with Gasteiger partial charge in [0.1, 0.15) is 11.4 Å². The monoisotopic (exact) mass is 370 g/mol. The zero-order chi connectivity index (χ0) is 19.2. The lowest BCUT2D eigenvalue weighted by molar-refractivity contribution is -0.133. The minimum absolute atomic E-state index is 0.000697. The molecule has 1 atom stereocenters. The molecule has 0 spiro atoms. The molecule has 1 aromatic heterocycles. The van der Waals surface area contributed by atoms with Gasteiger partial charge in [-0.15, -0.1) is 0 Å². The molecule has 7 nitrogen and oxygen atoms in total. The van der Waals surface area contributed by atoms with Crippen molar-refractivity contribution in [2.75, 3.05) is 26.2 Å². The van der Waals surface area contributed by atoms with E-state index in [-0.39, 0.29) is 24.2 Å². The third kappa shape index (κ3) is 4.93. The van der Waals surface area contributed by atoms with Crippen molar-refractivity contribution in [1.29, 1.82) is 0 Å². The molecule has 1 unspecified atom stereocenters. The first-order valence-electron chi connectivity index (χ1n) is 9.43. The van der Waals surface area contributed by atoms with Crippen LogP contribution >= 0.6 is 0 Å². The molecule has 1 aliphatic heterocycles. The van der Waals surface area contributed by atoms with Crippen molar-refractivity contribution in [2.24, 2.45) is 0 Å². The Morgan fingerprint density at radius 2 is 1.70 bits per heavy atom. The van der Waals surface area contributed by atoms with E-state index >= 15 is 0 Å². The van der Waals surface area contributed by atoms with Gasteiger partial charge in [-0.25, -0.2) is 4.63 Å². The Labute approximate surface area is 159 Å². The summed E-state index contributed by atoms with van der Waals surface area (Å²) in [6, 6.07) is 10.1. The maximum atomic E-state index is 12.7. The van der Waals surface area contributed by atoms with Crippen molar-refractivity contribution < 1.29 is 14.2 Å². The van der Waals surface area contributed by atoms with Crippen molar-refractivity contribution in [3.63, 3.8) is 0 Å². The number of rotatable bonds is 5. The molecule has 0 bridgehead atoms. The zero-order valence-corrected chi connectivity index (χ0v) is 15.9. The van der Waals surface area contributed by atoms with Crippen LogP contribution in [-0.4, -0.2) is 58.1 Å². The van der Waals surface area contributed by atoms with Gasteiger partial charge in [0, 0.05) is 32.6 Å². The van der Waals surface area contributed by atoms with E-state index in [2.05, 4.69) is 34.0 Å². The van der Waals surface area contributed by atoms with E-state index in [9.17, 15) is 9.59 Å². The van der Waals surface area contributed by atoms with E-state index < -0.39 is 0 Å². The Kier molecular flexibility index (Phi) is 6.21. The highest BCUT2D eigenvalue weighted by molar-refractivity contribution is 5.79. The molecule has 1 saturated heterocycles. The molecule has 0 radical (unpaired) electrons. The number of nitrogens with zero attached hydrogens (tertiary/aromatic N) is 4. The number of amides is 2. The second-order valence-electron chi connectivity index (χ2n) is 7.10. The first-order chi connectivity index (χ1) is 13.0. The first-order valence-corrected chi connectivity index (χ1v) is 9.43. The van der Waals surface area contributed by atoms with Crippen LogP contribution < -0.4 is 0 Å². The summed E-state index contributed by atoms with van der Waals surface area (Å²) in [5.41, 5.74) is 2.40. The lowest BCUT2D eigenvalue weighted by Gasteiger charge is -2.23. The number of aromatic nitrogens is 2. The third-order valence-electron chi connectivity index (χ3n) is 5.12. The molecule has 2 aromatic rings. The topological polar surface area (TPSA) is 79.5 Å². The molecule has 0 saturated carbocycles. The normalized spacial score (nSPS) is 16.1. The van der Waals surface area contributed by atoms with Crippen LogP contribution in [0.1, 0.15) is 42.6 Å². The van der Waals surface area contributed by atoms with Crippen molar-refractivity contribution in [3.8, 4) is 0 Å². The van der Waals surface area contributed by atoms with Gasteiger partial charge in [-0.2, -0.15) is 0 Å². The number of benzene rings is 1. The fourth-order valence-electron chi connectivity index (χ4n) is 3.37. The maximum Gasteiger partial charge on any atom is 0.228 e. The number of carbonyl (C=O) groups is 2. The molecule has 2 heterocycles. The number of aryl methyl sites for hydroxylation is 1. The standard InChI is InChI=1S/C20H26N4O3/c1-15(17-7-4-3-5-8-17)13-19(25)23-9-6-10-24(12-11-23)20(26)14-18-16(2)21-27-22-18/h3-5,7-8,15H,6,9-14H2,1-2H3. The summed E-state index contributed by atoms with van der Waals surface area (Å²) in [6.45, 7) is 6.32. The van der Waals surface area contributed by atoms with Crippen LogP contribution in [0.15, 0.2) is 35.0 Å². The number of hydrogen-bond donors (Lipinski definition) is 0. The van der Waals surface area contributed by atoms with E-state index in [0.717, 1.165) is 6.42 Å². The van der Waals surface area contributed by atoms with E-state index in [4.69, 9.17) is 0 Å². The fourth-order valence-corrected chi connectivity index (χ4v) is 3.37. The maximum absolute atomic E-state index is 12.7. The molecule has 144 valence electrons. The van der Waals surface area contributed by atoms with Crippen LogP contribution in [0.5, 0.6) is 0 Å². The van der Waals surface area contributed by atoms with Gasteiger partial charge in [0.15, 0.2) is 0 Å². The van der Waals surface area contributed by atoms with Gasteiger partial charge in [-0.05, 0) is 24.8 Å². The Bertz CT molecular complexity index is 775. The van der Waals surface area contributed by atoms with E-state index in [0.29, 0.717) is 44.0 Å². The molecule has 1 aromatic carbocycles. The summed E-state index contributed by atoms with van der Waals surface area (Å²) in [6.07, 6.45) is 1.46. The molecule has 2 amide bonds. The van der Waals surface area contributed by atoms with Crippen LogP contribution in [-0.2, 0) is 16.0 Å². The van der Waals surface area contributed by atoms with Crippen LogP contribution in [0.3, 0.4) is 0 Å².